The van der Waals surface area contributed by atoms with Gasteiger partial charge in [0, 0.05) is 74.1 Å². The highest BCUT2D eigenvalue weighted by molar-refractivity contribution is 6.13. The molecule has 100 heavy (non-hydrogen) atoms. The summed E-state index contributed by atoms with van der Waals surface area (Å²) in [5.41, 5.74) is 1.68. The third-order valence-electron chi connectivity index (χ3n) is 18.6. The maximum Gasteiger partial charge on any atom is 0.343 e. The molecule has 9 rings (SSSR count). The Hall–Kier alpha value is -9.44. The van der Waals surface area contributed by atoms with Crippen LogP contribution < -0.4 is 42.8 Å². The molecule has 9 atom stereocenters. The summed E-state index contributed by atoms with van der Waals surface area (Å²) in [5.74, 6) is -8.41. The minimum atomic E-state index is -2.09. The van der Waals surface area contributed by atoms with E-state index in [-0.39, 0.29) is 68.8 Å². The van der Waals surface area contributed by atoms with Crippen molar-refractivity contribution in [1.29, 1.82) is 0 Å². The first-order valence-corrected chi connectivity index (χ1v) is 33.3. The number of carbonyl (C=O) groups is 11. The minimum Gasteiger partial charge on any atom is -0.458 e. The van der Waals surface area contributed by atoms with Crippen LogP contribution in [0.15, 0.2) is 59.4 Å². The van der Waals surface area contributed by atoms with Gasteiger partial charge in [-0.1, -0.05) is 43.7 Å². The number of ether oxygens (including phenoxy) is 2. The average Bonchev–Trinajstić information content (AvgIpc) is 1.51. The standard InChI is InChI=1S/C68H84FN11O20/c1-4-68(98)42-25-47-59-40(30-80(47)65(95)41(42)33-99-67(68)97)57(58-39-15-11-14-38(39)43(69)26-45(58)77-59)35(2)74-64(94)62(37-17-18-37)100-34-73-53(87)28-72-63(93)46(24-36-12-7-5-8-13-36)76-54(88)29-71-52(86)27-70-50(84)20-19-44(66(96)78(3)31-48(82)60(91)61(92)49(83)32-81)75-51(85)16-9-6-10-23-79-55(89)21-22-56(79)90/h5,7-8,12-13,21-22,25-26,35,37,44,46,48-49,60-62,81-83,91-92,98H,4,6,9-11,14-20,23-24,27-34H2,1-3H3,(H,70,84)(H,71,86)(H,72,93)(H,73,87)(H,74,94)(H,75,85)(H,76,88)/t35-,44-,46-,48-,49+,60+,61+,62+,68-/m0/s1. The first-order chi connectivity index (χ1) is 47.7. The summed E-state index contributed by atoms with van der Waals surface area (Å²) >= 11 is 0. The van der Waals surface area contributed by atoms with Crippen LogP contribution >= 0.6 is 0 Å². The van der Waals surface area contributed by atoms with Crippen LogP contribution in [0.3, 0.4) is 0 Å². The molecule has 3 aliphatic heterocycles. The molecule has 32 heteroatoms. The molecule has 2 aromatic heterocycles. The van der Waals surface area contributed by atoms with Gasteiger partial charge in [-0.05, 0) is 98.9 Å². The van der Waals surface area contributed by atoms with Crippen LogP contribution in [0.25, 0.3) is 22.3 Å². The summed E-state index contributed by atoms with van der Waals surface area (Å²) in [6.45, 7) is -0.839. The lowest BCUT2D eigenvalue weighted by Gasteiger charge is -2.31. The third-order valence-corrected chi connectivity index (χ3v) is 18.6. The van der Waals surface area contributed by atoms with E-state index < -0.39 is 177 Å². The molecule has 538 valence electrons. The van der Waals surface area contributed by atoms with Crippen molar-refractivity contribution < 1.29 is 97.2 Å². The van der Waals surface area contributed by atoms with Crippen molar-refractivity contribution >= 4 is 75.9 Å². The van der Waals surface area contributed by atoms with Crippen LogP contribution in [0.4, 0.5) is 4.39 Å². The van der Waals surface area contributed by atoms with Gasteiger partial charge in [-0.2, -0.15) is 0 Å². The van der Waals surface area contributed by atoms with Gasteiger partial charge in [-0.15, -0.1) is 0 Å². The molecular formula is C68H84FN11O20. The van der Waals surface area contributed by atoms with Crippen LogP contribution in [0.5, 0.6) is 0 Å². The summed E-state index contributed by atoms with van der Waals surface area (Å²) in [4.78, 5) is 165. The fraction of sp³-hybridized carbons (Fsp3) is 0.515. The van der Waals surface area contributed by atoms with Crippen LogP contribution in [0.2, 0.25) is 0 Å². The van der Waals surface area contributed by atoms with Crippen LogP contribution in [0, 0.1) is 11.7 Å². The zero-order chi connectivity index (χ0) is 72.3. The molecule has 0 saturated heterocycles. The lowest BCUT2D eigenvalue weighted by molar-refractivity contribution is -0.172. The maximum atomic E-state index is 15.8. The van der Waals surface area contributed by atoms with Gasteiger partial charge >= 0.3 is 5.97 Å². The summed E-state index contributed by atoms with van der Waals surface area (Å²) in [6, 6.07) is 7.98. The average molecular weight is 1390 g/mol. The molecular weight excluding hydrogens is 1310 g/mol. The number of rotatable bonds is 35. The highest BCUT2D eigenvalue weighted by Crippen LogP contribution is 2.45. The largest absolute Gasteiger partial charge is 0.458 e. The number of aromatic nitrogens is 2. The number of hydrogen-bond donors (Lipinski definition) is 13. The first kappa shape index (κ1) is 74.8. The molecule has 0 radical (unpaired) electrons. The topological polar surface area (TPSA) is 453 Å². The Morgan fingerprint density at radius 2 is 1.42 bits per heavy atom. The molecule has 2 aliphatic carbocycles. The summed E-state index contributed by atoms with van der Waals surface area (Å²) in [7, 11) is 1.19. The van der Waals surface area contributed by atoms with Crippen LogP contribution in [-0.4, -0.2) is 211 Å². The minimum absolute atomic E-state index is 0.0137. The van der Waals surface area contributed by atoms with E-state index >= 15 is 4.39 Å². The normalized spacial score (nSPS) is 18.2. The maximum absolute atomic E-state index is 15.8. The number of unbranched alkanes of at least 4 members (excludes halogenated alkanes) is 2. The van der Waals surface area contributed by atoms with Crippen molar-refractivity contribution in [2.75, 3.05) is 53.1 Å². The zero-order valence-electron chi connectivity index (χ0n) is 55.5. The molecule has 5 aliphatic rings. The molecule has 13 N–H and O–H groups in total. The van der Waals surface area contributed by atoms with E-state index in [0.717, 1.165) is 27.5 Å². The molecule has 1 fully saturated rings. The predicted molar refractivity (Wildman–Crippen MR) is 349 cm³/mol. The Morgan fingerprint density at radius 1 is 0.760 bits per heavy atom. The second kappa shape index (κ2) is 33.2. The van der Waals surface area contributed by atoms with Crippen molar-refractivity contribution in [3.05, 3.63) is 110 Å². The number of nitrogens with zero attached hydrogens (tertiary/aromatic N) is 4. The monoisotopic (exact) mass is 1390 g/mol. The number of esters is 1. The number of cyclic esters (lactones) is 1. The number of fused-ring (bicyclic) bond motifs is 7. The molecule has 2 aromatic carbocycles. The van der Waals surface area contributed by atoms with E-state index in [4.69, 9.17) is 19.6 Å². The molecule has 0 unspecified atom stereocenters. The van der Waals surface area contributed by atoms with E-state index in [1.165, 1.54) is 17.7 Å². The predicted octanol–water partition coefficient (Wildman–Crippen LogP) is -2.53. The highest BCUT2D eigenvalue weighted by atomic mass is 19.1. The molecule has 1 saturated carbocycles. The number of aliphatic hydroxyl groups excluding tert-OH is 5. The number of likely N-dealkylation sites (N-methyl/N-ethyl adjacent to an activating group) is 1. The SMILES string of the molecule is CC[C@@]1(O)C(=O)OCc2c1cc1n(c2=O)Cc2c-1nc1cc(F)c3c(c1c2[C@H](C)NC(=O)[C@H](OCNC(=O)CNC(=O)[C@H](Cc1ccccc1)NC(=O)CNC(=O)CNC(=O)CC[C@H](NC(=O)CCCCCN1C(=O)C=CC1=O)C(=O)N(C)C[C@H](O)[C@@H](O)[C@H](O)[C@H](O)CO)C1CC1)CCC3. The number of imide groups is 1. The highest BCUT2D eigenvalue weighted by Gasteiger charge is 2.46. The number of amides is 10. The third kappa shape index (κ3) is 17.6. The van der Waals surface area contributed by atoms with Crippen molar-refractivity contribution in [2.24, 2.45) is 5.92 Å². The van der Waals surface area contributed by atoms with E-state index in [9.17, 15) is 83.1 Å². The number of aliphatic hydroxyl groups is 6. The van der Waals surface area contributed by atoms with Gasteiger partial charge in [0.1, 0.15) is 61.8 Å². The van der Waals surface area contributed by atoms with Gasteiger partial charge in [0.15, 0.2) is 5.60 Å². The first-order valence-electron chi connectivity index (χ1n) is 33.3. The number of benzene rings is 2. The van der Waals surface area contributed by atoms with Gasteiger partial charge in [0.05, 0.1) is 61.3 Å². The number of pyridine rings is 2. The van der Waals surface area contributed by atoms with Crippen molar-refractivity contribution in [3.63, 3.8) is 0 Å². The molecule has 0 spiro atoms. The fourth-order valence-corrected chi connectivity index (χ4v) is 12.9. The van der Waals surface area contributed by atoms with Crippen LogP contribution in [-0.2, 0) is 100 Å². The van der Waals surface area contributed by atoms with Crippen molar-refractivity contribution in [3.8, 4) is 11.4 Å². The number of hydrogen-bond acceptors (Lipinski definition) is 21. The molecule has 31 nitrogen and oxygen atoms in total. The lowest BCUT2D eigenvalue weighted by Crippen LogP contribution is -2.53. The summed E-state index contributed by atoms with van der Waals surface area (Å²) in [6.07, 6.45) is -3.45. The number of aryl methyl sites for hydroxylation is 1. The van der Waals surface area contributed by atoms with E-state index in [1.54, 1.807) is 50.2 Å². The number of halogens is 1. The van der Waals surface area contributed by atoms with Gasteiger partial charge in [0.2, 0.25) is 47.3 Å². The Bertz CT molecular complexity index is 3900. The number of carbonyl (C=O) groups excluding carboxylic acids is 11. The Morgan fingerprint density at radius 3 is 2.12 bits per heavy atom. The van der Waals surface area contributed by atoms with E-state index in [1.807, 2.05) is 0 Å². The van der Waals surface area contributed by atoms with Crippen molar-refractivity contribution in [1.82, 2.24) is 56.6 Å². The molecule has 4 aromatic rings. The van der Waals surface area contributed by atoms with E-state index in [0.29, 0.717) is 89.5 Å². The molecule has 0 bridgehead atoms. The second-order valence-electron chi connectivity index (χ2n) is 25.6. The zero-order valence-corrected chi connectivity index (χ0v) is 55.5. The van der Waals surface area contributed by atoms with Gasteiger partial charge < -0.3 is 86.8 Å². The fourth-order valence-electron chi connectivity index (χ4n) is 12.9. The van der Waals surface area contributed by atoms with E-state index in [2.05, 4.69) is 37.2 Å². The van der Waals surface area contributed by atoms with Gasteiger partial charge in [-0.25, -0.2) is 14.2 Å². The molecule has 10 amide bonds. The second-order valence-corrected chi connectivity index (χ2v) is 25.6. The Balaban J connectivity index is 0.756. The van der Waals surface area contributed by atoms with Gasteiger partial charge in [0.25, 0.3) is 17.4 Å². The smallest absolute Gasteiger partial charge is 0.343 e. The van der Waals surface area contributed by atoms with Crippen molar-refractivity contribution in [2.45, 2.75) is 165 Å². The Labute approximate surface area is 572 Å². The Kier molecular flexibility index (Phi) is 24.8. The summed E-state index contributed by atoms with van der Waals surface area (Å²) < 4.78 is 28.6. The van der Waals surface area contributed by atoms with Crippen LogP contribution in [0.1, 0.15) is 123 Å². The quantitative estimate of drug-likeness (QED) is 0.00861. The molecule has 5 heterocycles. The summed E-state index contributed by atoms with van der Waals surface area (Å²) in [5, 5.41) is 79.9. The van der Waals surface area contributed by atoms with Gasteiger partial charge in [-0.3, -0.25) is 57.6 Å². The lowest BCUT2D eigenvalue weighted by atomic mass is 9.86. The number of nitrogens with one attached hydrogen (secondary N) is 7.